The van der Waals surface area contributed by atoms with Gasteiger partial charge in [0.15, 0.2) is 6.29 Å². The number of methoxy groups -OCH3 is 1. The van der Waals surface area contributed by atoms with Gasteiger partial charge >= 0.3 is 5.97 Å². The highest BCUT2D eigenvalue weighted by atomic mass is 32.2. The van der Waals surface area contributed by atoms with Gasteiger partial charge in [0.1, 0.15) is 6.61 Å². The Hall–Kier alpha value is -2.77. The molecule has 1 fully saturated rings. The molecule has 1 aliphatic heterocycles. The first kappa shape index (κ1) is 44.3. The van der Waals surface area contributed by atoms with E-state index in [4.69, 9.17) is 31.5 Å². The van der Waals surface area contributed by atoms with Crippen molar-refractivity contribution in [1.82, 2.24) is 20.9 Å². The second-order valence-corrected chi connectivity index (χ2v) is 13.5. The molecule has 0 saturated carbocycles. The number of likely N-dealkylation sites (tertiary alicyclic amines) is 1. The summed E-state index contributed by atoms with van der Waals surface area (Å²) < 4.78 is 25.8. The average Bonchev–Trinajstić information content (AvgIpc) is 3.30. The van der Waals surface area contributed by atoms with E-state index in [1.807, 2.05) is 6.92 Å². The number of esters is 1. The molecule has 2 radical (unpaired) electrons. The zero-order valence-corrected chi connectivity index (χ0v) is 29.9. The molecule has 5 amide bonds. The van der Waals surface area contributed by atoms with Crippen molar-refractivity contribution in [1.29, 1.82) is 0 Å². The van der Waals surface area contributed by atoms with Crippen LogP contribution in [-0.4, -0.2) is 149 Å². The monoisotopic (exact) mass is 716 g/mol. The SMILES string of the molecule is [B]C(C)(C)SC1CC(=O)N(CCC(=O)NCCOCCOCCC(=O)NCCNC(=O)CCCC(=O)OCC(OC)OC(CC)CO)C1=O. The molecule has 0 aromatic carbocycles. The van der Waals surface area contributed by atoms with Crippen molar-refractivity contribution in [3.63, 3.8) is 0 Å². The third-order valence-electron chi connectivity index (χ3n) is 6.83. The maximum atomic E-state index is 12.4. The van der Waals surface area contributed by atoms with Crippen LogP contribution in [0.25, 0.3) is 0 Å². The second-order valence-electron chi connectivity index (χ2n) is 11.6. The number of hydrogen-bond donors (Lipinski definition) is 4. The van der Waals surface area contributed by atoms with Crippen molar-refractivity contribution in [3.8, 4) is 0 Å². The Labute approximate surface area is 294 Å². The van der Waals surface area contributed by atoms with Crippen LogP contribution in [0, 0.1) is 0 Å². The lowest BCUT2D eigenvalue weighted by Crippen LogP contribution is -2.36. The van der Waals surface area contributed by atoms with Gasteiger partial charge in [0.2, 0.25) is 29.5 Å². The van der Waals surface area contributed by atoms with Gasteiger partial charge in [0, 0.05) is 65.4 Å². The van der Waals surface area contributed by atoms with Crippen molar-refractivity contribution in [2.45, 2.75) is 88.0 Å². The van der Waals surface area contributed by atoms with Crippen molar-refractivity contribution in [2.75, 3.05) is 72.9 Å². The third kappa shape index (κ3) is 21.1. The summed E-state index contributed by atoms with van der Waals surface area (Å²) >= 11 is 1.24. The number of carbonyl (C=O) groups excluding carboxylic acids is 6. The number of nitrogens with zero attached hydrogens (tertiary/aromatic N) is 1. The number of carbonyl (C=O) groups is 6. The Morgan fingerprint density at radius 1 is 0.939 bits per heavy atom. The average molecular weight is 717 g/mol. The molecule has 278 valence electrons. The summed E-state index contributed by atoms with van der Waals surface area (Å²) in [6, 6.07) is 0. The fraction of sp³-hybridized carbons (Fsp3) is 0.806. The zero-order chi connectivity index (χ0) is 36.7. The van der Waals surface area contributed by atoms with Crippen molar-refractivity contribution >= 4 is 55.1 Å². The molecule has 49 heavy (non-hydrogen) atoms. The van der Waals surface area contributed by atoms with Gasteiger partial charge in [-0.15, -0.1) is 0 Å². The minimum absolute atomic E-state index is 0.00264. The highest BCUT2D eigenvalue weighted by Crippen LogP contribution is 2.33. The summed E-state index contributed by atoms with van der Waals surface area (Å²) in [5, 5.41) is 16.7. The van der Waals surface area contributed by atoms with E-state index in [0.29, 0.717) is 12.8 Å². The summed E-state index contributed by atoms with van der Waals surface area (Å²) in [7, 11) is 7.35. The molecule has 1 rings (SSSR count). The van der Waals surface area contributed by atoms with Gasteiger partial charge < -0.3 is 44.7 Å². The van der Waals surface area contributed by atoms with Crippen LogP contribution in [0.4, 0.5) is 0 Å². The van der Waals surface area contributed by atoms with E-state index in [2.05, 4.69) is 16.0 Å². The summed E-state index contributed by atoms with van der Waals surface area (Å²) in [6.07, 6.45) is 0.0456. The molecule has 1 aliphatic rings. The molecule has 0 spiro atoms. The standard InChI is InChI=1S/C31H53BN4O12S/c1-5-22(20-37)48-29(44-4)21-47-28(42)8-6-7-24(38)33-11-12-34-26(40)10-15-45-17-18-46-16-13-35-25(39)9-14-36-27(41)19-23(30(36)43)49-31(2,3)32/h22-23,29,37H,5-21H2,1-4H3,(H,33,38)(H,34,40)(H,35,39). The van der Waals surface area contributed by atoms with E-state index in [1.54, 1.807) is 13.8 Å². The minimum atomic E-state index is -0.787. The first-order valence-corrected chi connectivity index (χ1v) is 17.4. The lowest BCUT2D eigenvalue weighted by atomic mass is 9.91. The van der Waals surface area contributed by atoms with Crippen molar-refractivity contribution in [2.24, 2.45) is 0 Å². The van der Waals surface area contributed by atoms with Crippen LogP contribution < -0.4 is 16.0 Å². The van der Waals surface area contributed by atoms with Crippen LogP contribution in [-0.2, 0) is 52.5 Å². The van der Waals surface area contributed by atoms with Crippen LogP contribution in [0.5, 0.6) is 0 Å². The Morgan fingerprint density at radius 3 is 2.16 bits per heavy atom. The summed E-state index contributed by atoms with van der Waals surface area (Å²) in [4.78, 5) is 73.6. The zero-order valence-electron chi connectivity index (χ0n) is 29.1. The van der Waals surface area contributed by atoms with Crippen LogP contribution in [0.1, 0.15) is 65.7 Å². The van der Waals surface area contributed by atoms with Gasteiger partial charge in [0.25, 0.3) is 0 Å². The predicted octanol–water partition coefficient (Wildman–Crippen LogP) is -0.613. The number of aliphatic hydroxyl groups is 1. The fourth-order valence-corrected chi connectivity index (χ4v) is 5.44. The van der Waals surface area contributed by atoms with Crippen molar-refractivity contribution < 1.29 is 57.6 Å². The highest BCUT2D eigenvalue weighted by Gasteiger charge is 2.40. The highest BCUT2D eigenvalue weighted by molar-refractivity contribution is 8.03. The summed E-state index contributed by atoms with van der Waals surface area (Å²) in [6.45, 7) is 6.78. The van der Waals surface area contributed by atoms with E-state index in [1.165, 1.54) is 18.9 Å². The Bertz CT molecular complexity index is 1040. The van der Waals surface area contributed by atoms with Crippen LogP contribution in [0.3, 0.4) is 0 Å². The van der Waals surface area contributed by atoms with Gasteiger partial charge in [-0.05, 0) is 17.5 Å². The number of nitrogens with one attached hydrogen (secondary N) is 3. The van der Waals surface area contributed by atoms with Gasteiger partial charge in [0.05, 0.1) is 52.2 Å². The number of imide groups is 1. The van der Waals surface area contributed by atoms with Gasteiger partial charge in [-0.2, -0.15) is 11.8 Å². The number of ether oxygens (including phenoxy) is 5. The van der Waals surface area contributed by atoms with E-state index in [9.17, 15) is 33.9 Å². The third-order valence-corrected chi connectivity index (χ3v) is 8.09. The summed E-state index contributed by atoms with van der Waals surface area (Å²) in [5.41, 5.74) is 0. The molecular weight excluding hydrogens is 663 g/mol. The molecule has 4 N–H and O–H groups in total. The molecule has 1 heterocycles. The molecule has 18 heteroatoms. The molecule has 0 bridgehead atoms. The van der Waals surface area contributed by atoms with Crippen molar-refractivity contribution in [3.05, 3.63) is 0 Å². The first-order valence-electron chi connectivity index (χ1n) is 16.5. The van der Waals surface area contributed by atoms with Gasteiger partial charge in [-0.25, -0.2) is 0 Å². The first-order chi connectivity index (χ1) is 23.3. The topological polar surface area (TPSA) is 208 Å². The van der Waals surface area contributed by atoms with Crippen LogP contribution in [0.2, 0.25) is 0 Å². The largest absolute Gasteiger partial charge is 0.460 e. The number of rotatable bonds is 28. The smallest absolute Gasteiger partial charge is 0.305 e. The number of aliphatic hydroxyl groups excluding tert-OH is 1. The van der Waals surface area contributed by atoms with Crippen LogP contribution in [0.15, 0.2) is 0 Å². The normalized spacial score (nSPS) is 15.9. The fourth-order valence-electron chi connectivity index (χ4n) is 4.25. The van der Waals surface area contributed by atoms with Gasteiger partial charge in [-0.1, -0.05) is 20.8 Å². The van der Waals surface area contributed by atoms with E-state index < -0.39 is 28.3 Å². The van der Waals surface area contributed by atoms with Crippen LogP contribution >= 0.6 is 11.8 Å². The molecule has 1 saturated heterocycles. The minimum Gasteiger partial charge on any atom is -0.460 e. The number of hydrogen-bond acceptors (Lipinski definition) is 13. The second kappa shape index (κ2) is 25.2. The molecule has 3 unspecified atom stereocenters. The molecular formula is C31H53BN4O12S. The number of thioether (sulfide) groups is 1. The maximum Gasteiger partial charge on any atom is 0.305 e. The van der Waals surface area contributed by atoms with Gasteiger partial charge in [-0.3, -0.25) is 33.7 Å². The van der Waals surface area contributed by atoms with E-state index in [-0.39, 0.29) is 127 Å². The Balaban J connectivity index is 1.98. The molecule has 0 aliphatic carbocycles. The molecule has 3 atom stereocenters. The van der Waals surface area contributed by atoms with E-state index in [0.717, 1.165) is 4.90 Å². The lowest BCUT2D eigenvalue weighted by molar-refractivity contribution is -0.194. The Kier molecular flexibility index (Phi) is 22.8. The number of amides is 5. The summed E-state index contributed by atoms with van der Waals surface area (Å²) in [5.74, 6) is -1.91. The lowest BCUT2D eigenvalue weighted by Gasteiger charge is -2.22. The quantitative estimate of drug-likeness (QED) is 0.0262. The maximum absolute atomic E-state index is 12.4. The molecule has 0 aromatic rings. The Morgan fingerprint density at radius 2 is 1.55 bits per heavy atom. The molecule has 16 nitrogen and oxygen atoms in total. The van der Waals surface area contributed by atoms with E-state index >= 15 is 0 Å². The molecule has 0 aromatic heterocycles. The predicted molar refractivity (Wildman–Crippen MR) is 180 cm³/mol.